The number of hydrogen-bond donors (Lipinski definition) is 2. The number of hydrogen-bond acceptors (Lipinski definition) is 9. The summed E-state index contributed by atoms with van der Waals surface area (Å²) in [4.78, 5) is 60.6. The molecule has 0 fully saturated rings. The fourth-order valence-corrected chi connectivity index (χ4v) is 6.85. The molecule has 4 aromatic carbocycles. The molecule has 16 nitrogen and oxygen atoms in total. The molecule has 10 aromatic rings. The van der Waals surface area contributed by atoms with Gasteiger partial charge in [0.05, 0.1) is 65.8 Å². The van der Waals surface area contributed by atoms with Crippen LogP contribution >= 0.6 is 23.2 Å². The zero-order valence-corrected chi connectivity index (χ0v) is 31.3. The van der Waals surface area contributed by atoms with Crippen LogP contribution < -0.4 is 11.4 Å². The second-order valence-electron chi connectivity index (χ2n) is 12.9. The fourth-order valence-electron chi connectivity index (χ4n) is 6.46. The van der Waals surface area contributed by atoms with Gasteiger partial charge in [-0.3, -0.25) is 18.3 Å². The lowest BCUT2D eigenvalue weighted by molar-refractivity contribution is 0.775. The molecule has 0 radical (unpaired) electrons. The second-order valence-corrected chi connectivity index (χ2v) is 13.7. The molecule has 2 N–H and O–H groups in total. The van der Waals surface area contributed by atoms with Crippen molar-refractivity contribution in [3.05, 3.63) is 169 Å². The van der Waals surface area contributed by atoms with Crippen LogP contribution in [0.15, 0.2) is 120 Å². The maximum atomic E-state index is 12.5. The molecule has 0 bridgehead atoms. The summed E-state index contributed by atoms with van der Waals surface area (Å²) in [7, 11) is 0. The average molecular weight is 804 g/mol. The van der Waals surface area contributed by atoms with E-state index in [1.54, 1.807) is 82.7 Å². The highest BCUT2D eigenvalue weighted by Gasteiger charge is 2.16. The highest BCUT2D eigenvalue weighted by molar-refractivity contribution is 6.31. The van der Waals surface area contributed by atoms with Gasteiger partial charge in [-0.15, -0.1) is 0 Å². The quantitative estimate of drug-likeness (QED) is 0.171. The topological polar surface area (TPSA) is 191 Å². The first-order valence-corrected chi connectivity index (χ1v) is 18.1. The number of halogens is 2. The first-order valence-electron chi connectivity index (χ1n) is 17.4. The van der Waals surface area contributed by atoms with Gasteiger partial charge in [-0.2, -0.15) is 15.2 Å². The molecule has 6 aromatic heterocycles. The maximum absolute atomic E-state index is 12.5. The Balaban J connectivity index is 0.000000150. The van der Waals surface area contributed by atoms with Crippen molar-refractivity contribution in [3.8, 4) is 18.0 Å². The van der Waals surface area contributed by atoms with Crippen LogP contribution in [0, 0.1) is 17.9 Å². The summed E-state index contributed by atoms with van der Waals surface area (Å²) in [6.45, 7) is 7.78. The monoisotopic (exact) mass is 802 g/mol. The molecule has 0 aliphatic carbocycles. The summed E-state index contributed by atoms with van der Waals surface area (Å²) < 4.78 is 6.45. The first-order chi connectivity index (χ1) is 28.3. The molecule has 0 saturated heterocycles. The van der Waals surface area contributed by atoms with Crippen LogP contribution in [0.3, 0.4) is 0 Å². The average Bonchev–Trinajstić information content (AvgIpc) is 4.02. The Morgan fingerprint density at radius 3 is 1.78 bits per heavy atom. The number of fused-ring (bicyclic) bond motifs is 4. The van der Waals surface area contributed by atoms with Gasteiger partial charge in [0.15, 0.2) is 17.0 Å². The number of aromatic amines is 2. The molecule has 10 rings (SSSR count). The zero-order valence-electron chi connectivity index (χ0n) is 29.7. The Hall–Kier alpha value is -7.92. The number of imidazole rings is 4. The van der Waals surface area contributed by atoms with E-state index in [4.69, 9.17) is 35.0 Å². The lowest BCUT2D eigenvalue weighted by Gasteiger charge is -2.07. The summed E-state index contributed by atoms with van der Waals surface area (Å²) in [5.74, 6) is 0.727. The Bertz CT molecular complexity index is 3430. The van der Waals surface area contributed by atoms with Crippen LogP contribution in [0.25, 0.3) is 61.1 Å². The second kappa shape index (κ2) is 14.6. The van der Waals surface area contributed by atoms with E-state index in [9.17, 15) is 9.59 Å². The normalized spacial score (nSPS) is 11.2. The molecule has 280 valence electrons. The molecular weight excluding hydrogens is 779 g/mol. The standard InChI is InChI=1S/2C20H12ClN7O/c1-22-13-6-7-15-17(8-13)28(11-24-15)19-23-9-16-18(26-19)27(20(29)25-16)10-12-4-2-3-5-14(12)21;21-14-4-2-1-3-13(14)10-27-18-16(25-20(27)29)9-23-19(26-18)28-11-24-15-7-12(8-22)5-6-17(15)28/h2-9,11H,10H2,(H,25,29);1-7,9,11H,10H2,(H,25,29). The van der Waals surface area contributed by atoms with E-state index in [-0.39, 0.29) is 24.5 Å². The van der Waals surface area contributed by atoms with Gasteiger partial charge in [-0.05, 0) is 53.6 Å². The van der Waals surface area contributed by atoms with Crippen molar-refractivity contribution in [2.45, 2.75) is 13.1 Å². The van der Waals surface area contributed by atoms with Crippen molar-refractivity contribution in [2.24, 2.45) is 0 Å². The number of benzene rings is 4. The molecule has 58 heavy (non-hydrogen) atoms. The SMILES string of the molecule is N#Cc1ccc2c(c1)ncn2-c1ncc2[nH]c(=O)n(Cc3ccccc3Cl)c2n1.[C-]#[N+]c1ccc2ncn(-c3ncc4[nH]c(=O)n(Cc5ccccc5Cl)c4n3)c2c1. The highest BCUT2D eigenvalue weighted by Crippen LogP contribution is 2.24. The van der Waals surface area contributed by atoms with E-state index < -0.39 is 0 Å². The third kappa shape index (κ3) is 6.50. The minimum Gasteiger partial charge on any atom is -0.303 e. The molecular formula is C40H24Cl2N14O2. The van der Waals surface area contributed by atoms with Crippen molar-refractivity contribution in [3.63, 3.8) is 0 Å². The zero-order chi connectivity index (χ0) is 39.9. The molecule has 0 amide bonds. The van der Waals surface area contributed by atoms with Crippen LogP contribution in [-0.4, -0.2) is 58.1 Å². The molecule has 0 spiro atoms. The minimum atomic E-state index is -0.294. The van der Waals surface area contributed by atoms with Gasteiger partial charge in [0, 0.05) is 10.0 Å². The predicted octanol–water partition coefficient (Wildman–Crippen LogP) is 6.74. The van der Waals surface area contributed by atoms with E-state index in [1.807, 2.05) is 36.4 Å². The van der Waals surface area contributed by atoms with Crippen LogP contribution in [-0.2, 0) is 13.1 Å². The highest BCUT2D eigenvalue weighted by atomic mass is 35.5. The van der Waals surface area contributed by atoms with E-state index in [0.717, 1.165) is 22.2 Å². The molecule has 0 atom stereocenters. The van der Waals surface area contributed by atoms with Crippen molar-refractivity contribution in [2.75, 3.05) is 0 Å². The van der Waals surface area contributed by atoms with E-state index in [0.29, 0.717) is 66.6 Å². The molecule has 0 saturated carbocycles. The fraction of sp³-hybridized carbons (Fsp3) is 0.0500. The third-order valence-electron chi connectivity index (χ3n) is 9.34. The summed E-state index contributed by atoms with van der Waals surface area (Å²) in [5, 5.41) is 10.2. The van der Waals surface area contributed by atoms with Crippen molar-refractivity contribution in [1.29, 1.82) is 5.26 Å². The van der Waals surface area contributed by atoms with Crippen LogP contribution in [0.4, 0.5) is 5.69 Å². The van der Waals surface area contributed by atoms with Gasteiger partial charge in [0.1, 0.15) is 23.7 Å². The number of nitrogens with zero attached hydrogens (tertiary/aromatic N) is 12. The molecule has 0 unspecified atom stereocenters. The predicted molar refractivity (Wildman–Crippen MR) is 218 cm³/mol. The number of aromatic nitrogens is 12. The van der Waals surface area contributed by atoms with E-state index in [1.165, 1.54) is 9.13 Å². The van der Waals surface area contributed by atoms with E-state index >= 15 is 0 Å². The number of H-pyrrole nitrogens is 2. The lowest BCUT2D eigenvalue weighted by Crippen LogP contribution is -2.18. The van der Waals surface area contributed by atoms with Gasteiger partial charge < -0.3 is 9.97 Å². The number of nitriles is 1. The maximum Gasteiger partial charge on any atom is 0.328 e. The lowest BCUT2D eigenvalue weighted by atomic mass is 10.2. The molecule has 0 aliphatic rings. The Kier molecular flexibility index (Phi) is 9.02. The Labute approximate surface area is 335 Å². The summed E-state index contributed by atoms with van der Waals surface area (Å²) in [6.07, 6.45) is 6.32. The van der Waals surface area contributed by atoms with Gasteiger partial charge in [0.2, 0.25) is 11.9 Å². The van der Waals surface area contributed by atoms with Crippen molar-refractivity contribution >= 4 is 73.3 Å². The largest absolute Gasteiger partial charge is 0.328 e. The molecule has 6 heterocycles. The van der Waals surface area contributed by atoms with Crippen LogP contribution in [0.2, 0.25) is 10.0 Å². The number of nitrogens with one attached hydrogen (secondary N) is 2. The Morgan fingerprint density at radius 1 is 0.672 bits per heavy atom. The van der Waals surface area contributed by atoms with Crippen LogP contribution in [0.5, 0.6) is 0 Å². The summed E-state index contributed by atoms with van der Waals surface area (Å²) >= 11 is 12.5. The van der Waals surface area contributed by atoms with Gasteiger partial charge >= 0.3 is 11.4 Å². The molecule has 0 aliphatic heterocycles. The minimum absolute atomic E-state index is 0.279. The van der Waals surface area contributed by atoms with Gasteiger partial charge in [-0.25, -0.2) is 34.4 Å². The molecule has 18 heteroatoms. The van der Waals surface area contributed by atoms with Crippen molar-refractivity contribution < 1.29 is 0 Å². The van der Waals surface area contributed by atoms with Gasteiger partial charge in [-0.1, -0.05) is 65.7 Å². The number of rotatable bonds is 6. The van der Waals surface area contributed by atoms with Crippen LogP contribution in [0.1, 0.15) is 16.7 Å². The van der Waals surface area contributed by atoms with E-state index in [2.05, 4.69) is 50.8 Å². The third-order valence-corrected chi connectivity index (χ3v) is 10.1. The first kappa shape index (κ1) is 35.8. The van der Waals surface area contributed by atoms with Gasteiger partial charge in [0.25, 0.3) is 0 Å². The Morgan fingerprint density at radius 2 is 1.22 bits per heavy atom. The summed E-state index contributed by atoms with van der Waals surface area (Å²) in [6, 6.07) is 27.2. The van der Waals surface area contributed by atoms with Crippen molar-refractivity contribution in [1.82, 2.24) is 58.1 Å². The summed E-state index contributed by atoms with van der Waals surface area (Å²) in [5.41, 5.74) is 6.92. The smallest absolute Gasteiger partial charge is 0.303 e.